The highest BCUT2D eigenvalue weighted by Crippen LogP contribution is 2.66. The molecular weight excluding hydrogens is 602 g/mol. The molecule has 2 amide bonds. The molecule has 4 heterocycles. The molecule has 2 aromatic heterocycles. The Kier molecular flexibility index (Phi) is 6.08. The Bertz CT molecular complexity index is 2150. The van der Waals surface area contributed by atoms with E-state index < -0.39 is 17.1 Å². The predicted molar refractivity (Wildman–Crippen MR) is 179 cm³/mol. The third-order valence-corrected chi connectivity index (χ3v) is 10.4. The fraction of sp³-hybridized carbons (Fsp3) is 0.286. The van der Waals surface area contributed by atoms with Crippen molar-refractivity contribution in [2.45, 2.75) is 50.2 Å². The first-order chi connectivity index (χ1) is 21.9. The summed E-state index contributed by atoms with van der Waals surface area (Å²) in [4.78, 5) is 62.7. The van der Waals surface area contributed by atoms with Gasteiger partial charge in [0.25, 0.3) is 5.91 Å². The molecule has 232 valence electrons. The number of anilines is 2. The first-order valence-corrected chi connectivity index (χ1v) is 16.2. The maximum atomic E-state index is 13.7. The lowest BCUT2D eigenvalue weighted by Gasteiger charge is -2.32. The number of aliphatic imine (C=N–C) groups is 1. The van der Waals surface area contributed by atoms with E-state index in [1.807, 2.05) is 24.3 Å². The number of ketones is 2. The van der Waals surface area contributed by atoms with Crippen LogP contribution in [0.1, 0.15) is 55.1 Å². The Labute approximate surface area is 268 Å². The summed E-state index contributed by atoms with van der Waals surface area (Å²) >= 11 is 1.62. The summed E-state index contributed by atoms with van der Waals surface area (Å²) in [6, 6.07) is 14.3. The number of hydrogen-bond donors (Lipinski definition) is 4. The van der Waals surface area contributed by atoms with E-state index in [1.165, 1.54) is 0 Å². The number of aromatic nitrogens is 2. The summed E-state index contributed by atoms with van der Waals surface area (Å²) in [5.41, 5.74) is 4.97. The highest BCUT2D eigenvalue weighted by Gasteiger charge is 2.72. The number of nitrogens with one attached hydrogen (secondary N) is 4. The van der Waals surface area contributed by atoms with Gasteiger partial charge in [0.2, 0.25) is 0 Å². The van der Waals surface area contributed by atoms with Crippen molar-refractivity contribution in [2.24, 2.45) is 16.3 Å². The molecule has 2 aliphatic carbocycles. The van der Waals surface area contributed by atoms with Gasteiger partial charge in [-0.3, -0.25) is 24.7 Å². The SMILES string of the molecule is C[C@H]1C[C@H]2SC(C(=O)c3cc4cc(NC(=O)c5cc6cc(NC(=O)OC(C)(C)C)ccc6[nH]5)ccc4[nH]3)C=C2C23C(=O)C2=CN=C13. The Hall–Kier alpha value is -4.90. The van der Waals surface area contributed by atoms with Crippen LogP contribution in [0.15, 0.2) is 76.9 Å². The standard InChI is InChI=1S/C35H31N5O5S/c1-16-9-27-21(35-22(31(35)42)15-36-30(16)35)14-28(46-27)29(41)25-12-17-10-19(5-7-23(17)39-25)37-32(43)26-13-18-11-20(6-8-24(18)40-26)38-33(44)45-34(2,3)4/h5-8,10-16,27-28,39-40H,9H2,1-4H3,(H,37,43)(H,38,44)/t16-,27+,28?,35?/m0/s1. The van der Waals surface area contributed by atoms with Gasteiger partial charge in [-0.25, -0.2) is 4.79 Å². The van der Waals surface area contributed by atoms with Crippen LogP contribution in [-0.4, -0.2) is 55.3 Å². The first-order valence-electron chi connectivity index (χ1n) is 15.2. The number of amides is 2. The van der Waals surface area contributed by atoms with Crippen molar-refractivity contribution in [3.8, 4) is 0 Å². The van der Waals surface area contributed by atoms with Gasteiger partial charge in [-0.15, -0.1) is 11.8 Å². The second-order valence-electron chi connectivity index (χ2n) is 13.4. The number of carbonyl (C=O) groups is 4. The lowest BCUT2D eigenvalue weighted by molar-refractivity contribution is -0.110. The Balaban J connectivity index is 0.973. The van der Waals surface area contributed by atoms with Gasteiger partial charge in [0.05, 0.1) is 10.9 Å². The molecule has 4 atom stereocenters. The highest BCUT2D eigenvalue weighted by molar-refractivity contribution is 8.01. The van der Waals surface area contributed by atoms with Crippen LogP contribution in [0.25, 0.3) is 21.8 Å². The van der Waals surface area contributed by atoms with Crippen LogP contribution in [0.2, 0.25) is 0 Å². The third kappa shape index (κ3) is 4.44. The van der Waals surface area contributed by atoms with Crippen LogP contribution in [0.5, 0.6) is 0 Å². The van der Waals surface area contributed by atoms with Gasteiger partial charge in [-0.05, 0) is 87.2 Å². The zero-order chi connectivity index (χ0) is 32.1. The molecule has 0 radical (unpaired) electrons. The van der Waals surface area contributed by atoms with Crippen molar-refractivity contribution >= 4 is 74.2 Å². The van der Waals surface area contributed by atoms with Crippen LogP contribution >= 0.6 is 11.8 Å². The van der Waals surface area contributed by atoms with Crippen LogP contribution in [0, 0.1) is 11.3 Å². The monoisotopic (exact) mass is 633 g/mol. The lowest BCUT2D eigenvalue weighted by atomic mass is 9.73. The molecule has 0 bridgehead atoms. The number of carbonyl (C=O) groups excluding carboxylic acids is 4. The van der Waals surface area contributed by atoms with Crippen LogP contribution in [0.4, 0.5) is 16.2 Å². The topological polar surface area (TPSA) is 146 Å². The molecule has 46 heavy (non-hydrogen) atoms. The average molecular weight is 634 g/mol. The van der Waals surface area contributed by atoms with Crippen LogP contribution in [0.3, 0.4) is 0 Å². The summed E-state index contributed by atoms with van der Waals surface area (Å²) in [7, 11) is 0. The number of allylic oxidation sites excluding steroid dienone is 1. The Morgan fingerprint density at radius 3 is 2.28 bits per heavy atom. The van der Waals surface area contributed by atoms with Gasteiger partial charge in [0.1, 0.15) is 16.7 Å². The van der Waals surface area contributed by atoms with E-state index in [-0.39, 0.29) is 33.9 Å². The summed E-state index contributed by atoms with van der Waals surface area (Å²) in [6.45, 7) is 7.50. The summed E-state index contributed by atoms with van der Waals surface area (Å²) in [5.74, 6) is -0.0199. The Morgan fingerprint density at radius 1 is 0.957 bits per heavy atom. The molecule has 11 heteroatoms. The van der Waals surface area contributed by atoms with E-state index >= 15 is 0 Å². The minimum Gasteiger partial charge on any atom is -0.444 e. The molecular formula is C35H31N5O5S. The van der Waals surface area contributed by atoms with Gasteiger partial charge in [-0.2, -0.15) is 0 Å². The number of H-pyrrole nitrogens is 2. The molecule has 4 aliphatic rings. The second kappa shape index (κ2) is 9.80. The number of rotatable bonds is 5. The molecule has 1 spiro atoms. The van der Waals surface area contributed by atoms with Gasteiger partial charge < -0.3 is 20.0 Å². The normalized spacial score (nSPS) is 24.5. The highest BCUT2D eigenvalue weighted by atomic mass is 32.2. The molecule has 4 N–H and O–H groups in total. The van der Waals surface area contributed by atoms with Gasteiger partial charge in [0, 0.05) is 55.9 Å². The molecule has 10 nitrogen and oxygen atoms in total. The third-order valence-electron chi connectivity index (χ3n) is 9.01. The predicted octanol–water partition coefficient (Wildman–Crippen LogP) is 6.79. The number of aromatic amines is 2. The van der Waals surface area contributed by atoms with Crippen molar-refractivity contribution in [2.75, 3.05) is 10.6 Å². The van der Waals surface area contributed by atoms with E-state index in [4.69, 9.17) is 4.74 Å². The molecule has 8 rings (SSSR count). The molecule has 4 aromatic rings. The van der Waals surface area contributed by atoms with Crippen molar-refractivity contribution in [3.05, 3.63) is 83.3 Å². The minimum absolute atomic E-state index is 0.0357. The average Bonchev–Trinajstić information content (AvgIpc) is 3.60. The number of thioether (sulfide) groups is 1. The number of ether oxygens (including phenoxy) is 1. The number of fused-ring (bicyclic) bond motifs is 3. The maximum absolute atomic E-state index is 13.7. The molecule has 0 saturated heterocycles. The van der Waals surface area contributed by atoms with E-state index in [2.05, 4.69) is 32.5 Å². The smallest absolute Gasteiger partial charge is 0.412 e. The zero-order valence-electron chi connectivity index (χ0n) is 25.6. The minimum atomic E-state index is -0.665. The molecule has 2 saturated carbocycles. The fourth-order valence-corrected chi connectivity index (χ4v) is 8.61. The maximum Gasteiger partial charge on any atom is 0.412 e. The second-order valence-corrected chi connectivity index (χ2v) is 14.7. The van der Waals surface area contributed by atoms with Crippen molar-refractivity contribution in [3.63, 3.8) is 0 Å². The summed E-state index contributed by atoms with van der Waals surface area (Å²) < 4.78 is 5.32. The van der Waals surface area contributed by atoms with E-state index in [0.717, 1.165) is 45.1 Å². The fourth-order valence-electron chi connectivity index (χ4n) is 6.98. The van der Waals surface area contributed by atoms with E-state index in [9.17, 15) is 19.2 Å². The lowest BCUT2D eigenvalue weighted by Crippen LogP contribution is -2.36. The largest absolute Gasteiger partial charge is 0.444 e. The zero-order valence-corrected chi connectivity index (χ0v) is 26.4. The molecule has 2 unspecified atom stereocenters. The summed E-state index contributed by atoms with van der Waals surface area (Å²) in [5, 5.41) is 6.94. The van der Waals surface area contributed by atoms with Crippen molar-refractivity contribution in [1.29, 1.82) is 0 Å². The van der Waals surface area contributed by atoms with Gasteiger partial charge >= 0.3 is 6.09 Å². The first kappa shape index (κ1) is 28.6. The quantitative estimate of drug-likeness (QED) is 0.141. The molecule has 2 fully saturated rings. The van der Waals surface area contributed by atoms with E-state index in [0.29, 0.717) is 22.8 Å². The van der Waals surface area contributed by atoms with E-state index in [1.54, 1.807) is 69.1 Å². The number of nitrogens with zero attached hydrogens (tertiary/aromatic N) is 1. The number of hydrogen-bond acceptors (Lipinski definition) is 7. The molecule has 2 aliphatic heterocycles. The van der Waals surface area contributed by atoms with Gasteiger partial charge in [-0.1, -0.05) is 13.0 Å². The summed E-state index contributed by atoms with van der Waals surface area (Å²) in [6.07, 6.45) is 4.02. The van der Waals surface area contributed by atoms with Crippen LogP contribution in [-0.2, 0) is 9.53 Å². The molecule has 2 aromatic carbocycles. The van der Waals surface area contributed by atoms with Crippen LogP contribution < -0.4 is 10.6 Å². The van der Waals surface area contributed by atoms with Crippen molar-refractivity contribution in [1.82, 2.24) is 9.97 Å². The van der Waals surface area contributed by atoms with Gasteiger partial charge in [0.15, 0.2) is 11.6 Å². The number of Topliss-reactive ketones (excluding diaryl/α,β-unsaturated/α-hetero) is 2. The van der Waals surface area contributed by atoms with Crippen molar-refractivity contribution < 1.29 is 23.9 Å². The Morgan fingerprint density at radius 2 is 1.61 bits per heavy atom. The number of benzene rings is 2.